The van der Waals surface area contributed by atoms with Crippen molar-refractivity contribution >= 4 is 5.97 Å². The molecule has 1 aromatic carbocycles. The Kier molecular flexibility index (Phi) is 4.15. The van der Waals surface area contributed by atoms with E-state index in [4.69, 9.17) is 0 Å². The Hall–Kier alpha value is -1.52. The second kappa shape index (κ2) is 5.21. The van der Waals surface area contributed by atoms with Crippen LogP contribution in [-0.4, -0.2) is 13.1 Å². The fourth-order valence-corrected chi connectivity index (χ4v) is 1.47. The van der Waals surface area contributed by atoms with Gasteiger partial charge in [0.15, 0.2) is 0 Å². The first-order valence-electron chi connectivity index (χ1n) is 5.08. The molecule has 0 saturated carbocycles. The van der Waals surface area contributed by atoms with Crippen molar-refractivity contribution in [1.82, 2.24) is 0 Å². The van der Waals surface area contributed by atoms with E-state index in [0.717, 1.165) is 12.1 Å². The molecule has 0 fully saturated rings. The van der Waals surface area contributed by atoms with Gasteiger partial charge in [-0.25, -0.2) is 0 Å². The molecular weight excluding hydrogens is 233 g/mol. The summed E-state index contributed by atoms with van der Waals surface area (Å²) in [7, 11) is 1.28. The highest BCUT2D eigenvalue weighted by Gasteiger charge is 2.30. The molecule has 1 atom stereocenters. The monoisotopic (exact) mass is 246 g/mol. The average Bonchev–Trinajstić information content (AvgIpc) is 2.27. The molecule has 94 valence electrons. The molecule has 0 aliphatic heterocycles. The topological polar surface area (TPSA) is 26.3 Å². The van der Waals surface area contributed by atoms with Gasteiger partial charge < -0.3 is 4.74 Å². The fraction of sp³-hybridized carbons (Fsp3) is 0.417. The number of carbonyl (C=O) groups is 1. The van der Waals surface area contributed by atoms with Crippen molar-refractivity contribution in [3.63, 3.8) is 0 Å². The van der Waals surface area contributed by atoms with E-state index < -0.39 is 11.7 Å². The summed E-state index contributed by atoms with van der Waals surface area (Å²) >= 11 is 0. The van der Waals surface area contributed by atoms with Crippen LogP contribution in [0.2, 0.25) is 0 Å². The zero-order chi connectivity index (χ0) is 13.1. The Labute approximate surface area is 97.4 Å². The van der Waals surface area contributed by atoms with Gasteiger partial charge in [0, 0.05) is 0 Å². The molecule has 0 spiro atoms. The number of hydrogen-bond acceptors (Lipinski definition) is 2. The second-order valence-corrected chi connectivity index (χ2v) is 3.82. The number of halogens is 3. The predicted octanol–water partition coefficient (Wildman–Crippen LogP) is 3.06. The lowest BCUT2D eigenvalue weighted by Crippen LogP contribution is -2.15. The second-order valence-electron chi connectivity index (χ2n) is 3.82. The van der Waals surface area contributed by atoms with Crippen LogP contribution in [-0.2, 0) is 22.1 Å². The molecule has 0 saturated heterocycles. The van der Waals surface area contributed by atoms with E-state index in [2.05, 4.69) is 4.74 Å². The molecule has 0 bridgehead atoms. The van der Waals surface area contributed by atoms with Crippen molar-refractivity contribution in [3.8, 4) is 0 Å². The van der Waals surface area contributed by atoms with E-state index in [9.17, 15) is 18.0 Å². The third-order valence-corrected chi connectivity index (χ3v) is 2.43. The molecule has 5 heteroatoms. The molecule has 0 aromatic heterocycles. The molecule has 0 heterocycles. The number of esters is 1. The SMILES string of the molecule is COC(=O)C(C)Cc1ccc(C(F)(F)F)cc1. The average molecular weight is 246 g/mol. The number of benzene rings is 1. The van der Waals surface area contributed by atoms with Gasteiger partial charge in [-0.05, 0) is 24.1 Å². The first-order chi connectivity index (χ1) is 7.84. The highest BCUT2D eigenvalue weighted by molar-refractivity contribution is 5.72. The van der Waals surface area contributed by atoms with E-state index in [1.54, 1.807) is 6.92 Å². The number of rotatable bonds is 3. The summed E-state index contributed by atoms with van der Waals surface area (Å²) in [5.41, 5.74) is -0.0112. The normalized spacial score (nSPS) is 13.2. The van der Waals surface area contributed by atoms with Crippen LogP contribution >= 0.6 is 0 Å². The van der Waals surface area contributed by atoms with Gasteiger partial charge in [0.2, 0.25) is 0 Å². The number of methoxy groups -OCH3 is 1. The first-order valence-corrected chi connectivity index (χ1v) is 5.08. The molecule has 0 aliphatic rings. The lowest BCUT2D eigenvalue weighted by molar-refractivity contribution is -0.144. The van der Waals surface area contributed by atoms with Crippen LogP contribution in [0.5, 0.6) is 0 Å². The van der Waals surface area contributed by atoms with Crippen LogP contribution in [0.15, 0.2) is 24.3 Å². The smallest absolute Gasteiger partial charge is 0.416 e. The third kappa shape index (κ3) is 3.76. The lowest BCUT2D eigenvalue weighted by atomic mass is 10.0. The van der Waals surface area contributed by atoms with Crippen molar-refractivity contribution in [3.05, 3.63) is 35.4 Å². The summed E-state index contributed by atoms with van der Waals surface area (Å²) < 4.78 is 41.4. The molecule has 1 aromatic rings. The molecule has 0 radical (unpaired) electrons. The summed E-state index contributed by atoms with van der Waals surface area (Å²) in [4.78, 5) is 11.1. The summed E-state index contributed by atoms with van der Waals surface area (Å²) in [6, 6.07) is 4.78. The lowest BCUT2D eigenvalue weighted by Gasteiger charge is -2.10. The summed E-state index contributed by atoms with van der Waals surface area (Å²) in [5, 5.41) is 0. The van der Waals surface area contributed by atoms with Gasteiger partial charge >= 0.3 is 12.1 Å². The first kappa shape index (κ1) is 13.5. The quantitative estimate of drug-likeness (QED) is 0.766. The highest BCUT2D eigenvalue weighted by atomic mass is 19.4. The molecule has 0 N–H and O–H groups in total. The maximum atomic E-state index is 12.3. The van der Waals surface area contributed by atoms with Crippen molar-refractivity contribution < 1.29 is 22.7 Å². The van der Waals surface area contributed by atoms with Gasteiger partial charge in [0.25, 0.3) is 0 Å². The van der Waals surface area contributed by atoms with E-state index in [0.29, 0.717) is 12.0 Å². The Morgan fingerprint density at radius 3 is 2.24 bits per heavy atom. The molecule has 0 aliphatic carbocycles. The zero-order valence-electron chi connectivity index (χ0n) is 9.54. The maximum absolute atomic E-state index is 12.3. The van der Waals surface area contributed by atoms with E-state index in [1.165, 1.54) is 19.2 Å². The van der Waals surface area contributed by atoms with Gasteiger partial charge in [0.05, 0.1) is 18.6 Å². The van der Waals surface area contributed by atoms with Gasteiger partial charge in [-0.2, -0.15) is 13.2 Å². The predicted molar refractivity (Wildman–Crippen MR) is 56.3 cm³/mol. The van der Waals surface area contributed by atoms with Gasteiger partial charge in [-0.3, -0.25) is 4.79 Å². The van der Waals surface area contributed by atoms with Crippen LogP contribution in [0, 0.1) is 5.92 Å². The summed E-state index contributed by atoms with van der Waals surface area (Å²) in [6.45, 7) is 1.67. The molecular formula is C12H13F3O2. The molecule has 0 amide bonds. The van der Waals surface area contributed by atoms with Crippen LogP contribution in [0.25, 0.3) is 0 Å². The molecule has 2 nitrogen and oxygen atoms in total. The number of hydrogen-bond donors (Lipinski definition) is 0. The minimum atomic E-state index is -4.33. The van der Waals surface area contributed by atoms with Crippen LogP contribution in [0.3, 0.4) is 0 Å². The van der Waals surface area contributed by atoms with Crippen molar-refractivity contribution in [1.29, 1.82) is 0 Å². The minimum absolute atomic E-state index is 0.364. The minimum Gasteiger partial charge on any atom is -0.469 e. The van der Waals surface area contributed by atoms with Gasteiger partial charge in [-0.15, -0.1) is 0 Å². The third-order valence-electron chi connectivity index (χ3n) is 2.43. The maximum Gasteiger partial charge on any atom is 0.416 e. The summed E-state index contributed by atoms with van der Waals surface area (Å²) in [6.07, 6.45) is -3.96. The Morgan fingerprint density at radius 2 is 1.82 bits per heavy atom. The fourth-order valence-electron chi connectivity index (χ4n) is 1.47. The molecule has 17 heavy (non-hydrogen) atoms. The largest absolute Gasteiger partial charge is 0.469 e. The Bertz CT molecular complexity index is 382. The Balaban J connectivity index is 2.72. The standard InChI is InChI=1S/C12H13F3O2/c1-8(11(16)17-2)7-9-3-5-10(6-4-9)12(13,14)15/h3-6,8H,7H2,1-2H3. The number of carbonyl (C=O) groups excluding carboxylic acids is 1. The number of ether oxygens (including phenoxy) is 1. The van der Waals surface area contributed by atoms with Crippen molar-refractivity contribution in [2.45, 2.75) is 19.5 Å². The van der Waals surface area contributed by atoms with Crippen molar-refractivity contribution in [2.24, 2.45) is 5.92 Å². The number of alkyl halides is 3. The Morgan fingerprint density at radius 1 is 1.29 bits per heavy atom. The highest BCUT2D eigenvalue weighted by Crippen LogP contribution is 2.29. The summed E-state index contributed by atoms with van der Waals surface area (Å²) in [5.74, 6) is -0.735. The van der Waals surface area contributed by atoms with Crippen molar-refractivity contribution in [2.75, 3.05) is 7.11 Å². The van der Waals surface area contributed by atoms with Crippen LogP contribution in [0.4, 0.5) is 13.2 Å². The van der Waals surface area contributed by atoms with Gasteiger partial charge in [-0.1, -0.05) is 19.1 Å². The van der Waals surface area contributed by atoms with Gasteiger partial charge in [0.1, 0.15) is 0 Å². The zero-order valence-corrected chi connectivity index (χ0v) is 9.54. The van der Waals surface area contributed by atoms with Crippen LogP contribution < -0.4 is 0 Å². The van der Waals surface area contributed by atoms with E-state index >= 15 is 0 Å². The van der Waals surface area contributed by atoms with E-state index in [-0.39, 0.29) is 11.9 Å². The molecule has 1 rings (SSSR count). The molecule has 1 unspecified atom stereocenters. The van der Waals surface area contributed by atoms with E-state index in [1.807, 2.05) is 0 Å². The van der Waals surface area contributed by atoms with Crippen LogP contribution in [0.1, 0.15) is 18.1 Å².